The number of hydrogen-bond donors (Lipinski definition) is 1. The van der Waals surface area contributed by atoms with E-state index >= 15 is 0 Å². The molecule has 0 spiro atoms. The summed E-state index contributed by atoms with van der Waals surface area (Å²) in [4.78, 5) is 13.3. The van der Waals surface area contributed by atoms with Crippen LogP contribution in [-0.2, 0) is 16.0 Å². The van der Waals surface area contributed by atoms with Crippen molar-refractivity contribution < 1.29 is 9.53 Å². The zero-order chi connectivity index (χ0) is 13.4. The number of likely N-dealkylation sites (N-methyl/N-ethyl adjacent to an activating group) is 1. The minimum absolute atomic E-state index is 0. The van der Waals surface area contributed by atoms with E-state index in [1.165, 1.54) is 5.56 Å². The number of halogens is 1. The fourth-order valence-electron chi connectivity index (χ4n) is 1.50. The highest BCUT2D eigenvalue weighted by Crippen LogP contribution is 2.00. The zero-order valence-electron chi connectivity index (χ0n) is 11.5. The Hall–Kier alpha value is -1.10. The maximum Gasteiger partial charge on any atom is 0.248 e. The van der Waals surface area contributed by atoms with Gasteiger partial charge in [-0.25, -0.2) is 0 Å². The van der Waals surface area contributed by atoms with Crippen LogP contribution in [0.15, 0.2) is 30.3 Å². The third-order valence-corrected chi connectivity index (χ3v) is 3.00. The molecular weight excluding hydrogens is 264 g/mol. The van der Waals surface area contributed by atoms with Crippen LogP contribution >= 0.6 is 12.4 Å². The number of carbonyl (C=O) groups is 1. The highest BCUT2D eigenvalue weighted by molar-refractivity contribution is 5.85. The van der Waals surface area contributed by atoms with Crippen LogP contribution in [-0.4, -0.2) is 43.7 Å². The molecule has 108 valence electrons. The van der Waals surface area contributed by atoms with E-state index in [1.807, 2.05) is 37.3 Å². The summed E-state index contributed by atoms with van der Waals surface area (Å²) < 4.78 is 5.38. The van der Waals surface area contributed by atoms with Crippen molar-refractivity contribution in [2.24, 2.45) is 5.73 Å². The topological polar surface area (TPSA) is 55.6 Å². The van der Waals surface area contributed by atoms with Crippen LogP contribution in [0, 0.1) is 0 Å². The SMILES string of the molecule is CC(CN)N(C)C(=O)COCCc1ccccc1.Cl. The van der Waals surface area contributed by atoms with Crippen LogP contribution in [0.1, 0.15) is 12.5 Å². The van der Waals surface area contributed by atoms with Gasteiger partial charge in [-0.3, -0.25) is 4.79 Å². The van der Waals surface area contributed by atoms with Crippen LogP contribution < -0.4 is 5.73 Å². The van der Waals surface area contributed by atoms with Crippen molar-refractivity contribution in [3.8, 4) is 0 Å². The van der Waals surface area contributed by atoms with E-state index in [0.29, 0.717) is 13.2 Å². The number of ether oxygens (including phenoxy) is 1. The molecule has 0 fully saturated rings. The van der Waals surface area contributed by atoms with Crippen LogP contribution in [0.5, 0.6) is 0 Å². The fourth-order valence-corrected chi connectivity index (χ4v) is 1.50. The van der Waals surface area contributed by atoms with Gasteiger partial charge < -0.3 is 15.4 Å². The molecule has 1 rings (SSSR count). The minimum atomic E-state index is -0.0268. The summed E-state index contributed by atoms with van der Waals surface area (Å²) in [5.41, 5.74) is 6.72. The molecule has 4 nitrogen and oxygen atoms in total. The highest BCUT2D eigenvalue weighted by atomic mass is 35.5. The van der Waals surface area contributed by atoms with Gasteiger partial charge in [0.05, 0.1) is 6.61 Å². The maximum atomic E-state index is 11.7. The molecule has 0 bridgehead atoms. The smallest absolute Gasteiger partial charge is 0.248 e. The quantitative estimate of drug-likeness (QED) is 0.773. The summed E-state index contributed by atoms with van der Waals surface area (Å²) in [5.74, 6) is -0.0268. The van der Waals surface area contributed by atoms with Crippen molar-refractivity contribution in [3.05, 3.63) is 35.9 Å². The molecule has 1 atom stereocenters. The van der Waals surface area contributed by atoms with Gasteiger partial charge in [0.25, 0.3) is 0 Å². The van der Waals surface area contributed by atoms with Crippen molar-refractivity contribution in [1.29, 1.82) is 0 Å². The van der Waals surface area contributed by atoms with E-state index in [4.69, 9.17) is 10.5 Å². The largest absolute Gasteiger partial charge is 0.371 e. The lowest BCUT2D eigenvalue weighted by molar-refractivity contribution is -0.136. The van der Waals surface area contributed by atoms with Crippen molar-refractivity contribution in [2.45, 2.75) is 19.4 Å². The number of nitrogens with zero attached hydrogens (tertiary/aromatic N) is 1. The fraction of sp³-hybridized carbons (Fsp3) is 0.500. The van der Waals surface area contributed by atoms with E-state index in [1.54, 1.807) is 11.9 Å². The predicted molar refractivity (Wildman–Crippen MR) is 79.5 cm³/mol. The molecule has 0 aliphatic rings. The lowest BCUT2D eigenvalue weighted by atomic mass is 10.2. The normalized spacial score (nSPS) is 11.5. The Bertz CT molecular complexity index is 360. The van der Waals surface area contributed by atoms with Crippen LogP contribution in [0.4, 0.5) is 0 Å². The van der Waals surface area contributed by atoms with Crippen molar-refractivity contribution in [3.63, 3.8) is 0 Å². The monoisotopic (exact) mass is 286 g/mol. The molecular formula is C14H23ClN2O2. The van der Waals surface area contributed by atoms with Crippen molar-refractivity contribution >= 4 is 18.3 Å². The predicted octanol–water partition coefficient (Wildman–Crippen LogP) is 1.47. The Morgan fingerprint density at radius 2 is 2.00 bits per heavy atom. The molecule has 0 heterocycles. The molecule has 0 saturated carbocycles. The summed E-state index contributed by atoms with van der Waals surface area (Å²) in [6, 6.07) is 10.1. The zero-order valence-corrected chi connectivity index (χ0v) is 12.4. The first-order valence-corrected chi connectivity index (χ1v) is 6.22. The molecule has 0 aromatic heterocycles. The molecule has 5 heteroatoms. The summed E-state index contributed by atoms with van der Waals surface area (Å²) in [5, 5.41) is 0. The van der Waals surface area contributed by atoms with Gasteiger partial charge in [0.15, 0.2) is 0 Å². The molecule has 1 aromatic rings. The first-order valence-electron chi connectivity index (χ1n) is 6.22. The summed E-state index contributed by atoms with van der Waals surface area (Å²) >= 11 is 0. The van der Waals surface area contributed by atoms with E-state index in [-0.39, 0.29) is 31.0 Å². The Morgan fingerprint density at radius 3 is 2.58 bits per heavy atom. The summed E-state index contributed by atoms with van der Waals surface area (Å²) in [6.07, 6.45) is 0.824. The van der Waals surface area contributed by atoms with E-state index in [9.17, 15) is 4.79 Å². The Kier molecular flexibility index (Phi) is 9.21. The number of nitrogens with two attached hydrogens (primary N) is 1. The van der Waals surface area contributed by atoms with Crippen molar-refractivity contribution in [2.75, 3.05) is 26.8 Å². The lowest BCUT2D eigenvalue weighted by Gasteiger charge is -2.23. The third-order valence-electron chi connectivity index (χ3n) is 3.00. The second-order valence-corrected chi connectivity index (χ2v) is 4.38. The molecule has 0 saturated heterocycles. The Morgan fingerprint density at radius 1 is 1.37 bits per heavy atom. The number of hydrogen-bond acceptors (Lipinski definition) is 3. The first-order chi connectivity index (χ1) is 8.65. The van der Waals surface area contributed by atoms with E-state index in [2.05, 4.69) is 0 Å². The average molecular weight is 287 g/mol. The molecule has 1 amide bonds. The van der Waals surface area contributed by atoms with Gasteiger partial charge in [0, 0.05) is 19.6 Å². The van der Waals surface area contributed by atoms with E-state index in [0.717, 1.165) is 6.42 Å². The third kappa shape index (κ3) is 6.57. The molecule has 2 N–H and O–H groups in total. The van der Waals surface area contributed by atoms with Gasteiger partial charge in [-0.15, -0.1) is 12.4 Å². The molecule has 19 heavy (non-hydrogen) atoms. The number of rotatable bonds is 7. The maximum absolute atomic E-state index is 11.7. The van der Waals surface area contributed by atoms with Crippen molar-refractivity contribution in [1.82, 2.24) is 4.90 Å². The highest BCUT2D eigenvalue weighted by Gasteiger charge is 2.13. The number of amides is 1. The molecule has 0 aliphatic heterocycles. The van der Waals surface area contributed by atoms with Crippen LogP contribution in [0.25, 0.3) is 0 Å². The first kappa shape index (κ1) is 17.9. The summed E-state index contributed by atoms with van der Waals surface area (Å²) in [7, 11) is 1.75. The van der Waals surface area contributed by atoms with Gasteiger partial charge in [0.2, 0.25) is 5.91 Å². The average Bonchev–Trinajstić information content (AvgIpc) is 2.42. The van der Waals surface area contributed by atoms with Crippen LogP contribution in [0.3, 0.4) is 0 Å². The van der Waals surface area contributed by atoms with Gasteiger partial charge >= 0.3 is 0 Å². The summed E-state index contributed by atoms with van der Waals surface area (Å²) in [6.45, 7) is 3.06. The number of benzene rings is 1. The molecule has 0 radical (unpaired) electrons. The second kappa shape index (κ2) is 9.78. The second-order valence-electron chi connectivity index (χ2n) is 4.38. The standard InChI is InChI=1S/C14H22N2O2.ClH/c1-12(10-15)16(2)14(17)11-18-9-8-13-6-4-3-5-7-13;/h3-7,12H,8-11,15H2,1-2H3;1H. The van der Waals surface area contributed by atoms with Gasteiger partial charge in [-0.05, 0) is 18.9 Å². The Labute approximate surface area is 121 Å². The Balaban J connectivity index is 0.00000324. The number of carbonyl (C=O) groups excluding carboxylic acids is 1. The molecule has 0 aliphatic carbocycles. The molecule has 1 unspecified atom stereocenters. The van der Waals surface area contributed by atoms with Gasteiger partial charge in [-0.1, -0.05) is 30.3 Å². The van der Waals surface area contributed by atoms with Crippen LogP contribution in [0.2, 0.25) is 0 Å². The van der Waals surface area contributed by atoms with E-state index < -0.39 is 0 Å². The molecule has 1 aromatic carbocycles. The minimum Gasteiger partial charge on any atom is -0.371 e. The van der Waals surface area contributed by atoms with Gasteiger partial charge in [-0.2, -0.15) is 0 Å². The van der Waals surface area contributed by atoms with Gasteiger partial charge in [0.1, 0.15) is 6.61 Å². The lowest BCUT2D eigenvalue weighted by Crippen LogP contribution is -2.41.